The van der Waals surface area contributed by atoms with Gasteiger partial charge in [0.25, 0.3) is 0 Å². The minimum absolute atomic E-state index is 0.114. The topological polar surface area (TPSA) is 130 Å². The molecule has 0 spiro atoms. The lowest BCUT2D eigenvalue weighted by molar-refractivity contribution is 0.168. The molecule has 9 aliphatic rings. The molecule has 9 fully saturated rings. The molecule has 5 saturated heterocycles. The summed E-state index contributed by atoms with van der Waals surface area (Å²) in [5.74, 6) is 4.65. The predicted molar refractivity (Wildman–Crippen MR) is 171 cm³/mol. The molecule has 0 amide bonds. The Morgan fingerprint density at radius 3 is 0.886 bits per heavy atom. The van der Waals surface area contributed by atoms with E-state index in [-0.39, 0.29) is 29.9 Å². The van der Waals surface area contributed by atoms with E-state index in [4.69, 9.17) is 0 Å². The summed E-state index contributed by atoms with van der Waals surface area (Å²) in [6.07, 6.45) is 22.0. The molecule has 11 heteroatoms. The van der Waals surface area contributed by atoms with Crippen molar-refractivity contribution in [2.45, 2.75) is 151 Å². The third kappa shape index (κ3) is 5.14. The lowest BCUT2D eigenvalue weighted by Crippen LogP contribution is -2.61. The van der Waals surface area contributed by atoms with Gasteiger partial charge in [-0.1, -0.05) is 38.5 Å². The first-order chi connectivity index (χ1) is 21.4. The van der Waals surface area contributed by atoms with Crippen LogP contribution in [-0.2, 0) is 9.84 Å². The van der Waals surface area contributed by atoms with E-state index >= 15 is 0 Å². The number of sulfone groups is 1. The van der Waals surface area contributed by atoms with Crippen molar-refractivity contribution in [1.82, 2.24) is 42.5 Å². The fraction of sp³-hybridized carbons (Fsp3) is 1.00. The average molecular weight is 631 g/mol. The number of nitrogens with one attached hydrogen (secondary N) is 8. The summed E-state index contributed by atoms with van der Waals surface area (Å²) in [5, 5.41) is 33.0. The van der Waals surface area contributed by atoms with Gasteiger partial charge in [-0.3, -0.25) is 42.5 Å². The average Bonchev–Trinajstić information content (AvgIpc) is 3.76. The highest BCUT2D eigenvalue weighted by molar-refractivity contribution is 7.91. The Bertz CT molecular complexity index is 1170. The van der Waals surface area contributed by atoms with E-state index in [0.717, 1.165) is 19.3 Å². The van der Waals surface area contributed by atoms with Crippen molar-refractivity contribution in [3.05, 3.63) is 0 Å². The van der Waals surface area contributed by atoms with Gasteiger partial charge in [0.15, 0.2) is 0 Å². The highest BCUT2D eigenvalue weighted by Gasteiger charge is 2.55. The quantitative estimate of drug-likeness (QED) is 0.217. The molecule has 44 heavy (non-hydrogen) atoms. The largest absolute Gasteiger partial charge is 0.286 e. The highest BCUT2D eigenvalue weighted by atomic mass is 32.2. The van der Waals surface area contributed by atoms with Crippen molar-refractivity contribution in [2.24, 2.45) is 47.3 Å². The van der Waals surface area contributed by atoms with E-state index in [1.807, 2.05) is 0 Å². The van der Waals surface area contributed by atoms with Crippen LogP contribution in [0, 0.1) is 47.3 Å². The van der Waals surface area contributed by atoms with Crippen molar-refractivity contribution in [3.63, 3.8) is 0 Å². The summed E-state index contributed by atoms with van der Waals surface area (Å²) < 4.78 is 25.6. The van der Waals surface area contributed by atoms with E-state index in [0.29, 0.717) is 72.0 Å². The van der Waals surface area contributed by atoms with Gasteiger partial charge in [-0.2, -0.15) is 0 Å². The van der Waals surface area contributed by atoms with Gasteiger partial charge >= 0.3 is 0 Å². The molecule has 248 valence electrons. The molecule has 8 bridgehead atoms. The minimum Gasteiger partial charge on any atom is -0.286 e. The molecule has 5 heterocycles. The molecule has 17 unspecified atom stereocenters. The monoisotopic (exact) mass is 630 g/mol. The van der Waals surface area contributed by atoms with Gasteiger partial charge in [-0.25, -0.2) is 8.42 Å². The van der Waals surface area contributed by atoms with Crippen molar-refractivity contribution in [2.75, 3.05) is 6.26 Å². The summed E-state index contributed by atoms with van der Waals surface area (Å²) in [6, 6.07) is 0. The van der Waals surface area contributed by atoms with Crippen LogP contribution in [0.4, 0.5) is 0 Å². The third-order valence-electron chi connectivity index (χ3n) is 14.4. The van der Waals surface area contributed by atoms with Gasteiger partial charge in [0.2, 0.25) is 0 Å². The zero-order valence-electron chi connectivity index (χ0n) is 26.6. The molecule has 8 N–H and O–H groups in total. The van der Waals surface area contributed by atoms with Crippen LogP contribution in [0.5, 0.6) is 0 Å². The highest BCUT2D eigenvalue weighted by Crippen LogP contribution is 2.46. The molecule has 0 radical (unpaired) electrons. The zero-order chi connectivity index (χ0) is 29.6. The molecule has 9 rings (SSSR count). The molecule has 0 aromatic rings. The molecule has 0 aromatic heterocycles. The fourth-order valence-corrected chi connectivity index (χ4v) is 13.5. The van der Waals surface area contributed by atoms with Gasteiger partial charge in [0, 0.05) is 6.26 Å². The molecular formula is C33H58N8O2S. The maximum Gasteiger partial charge on any atom is 0.150 e. The van der Waals surface area contributed by atoms with Gasteiger partial charge < -0.3 is 0 Å². The zero-order valence-corrected chi connectivity index (χ0v) is 27.5. The second kappa shape index (κ2) is 11.7. The van der Waals surface area contributed by atoms with E-state index in [9.17, 15) is 8.42 Å². The minimum atomic E-state index is -3.05. The SMILES string of the molecule is CS(=O)(=O)C1CCC2C3NC4NC(NC5NC(NC6NC(NC(N3)C2C1)C1CCCCC61)C1CCCCC51)C1CCCCC41. The van der Waals surface area contributed by atoms with Crippen LogP contribution in [0.3, 0.4) is 0 Å². The number of fused-ring (bicyclic) bond motifs is 20. The van der Waals surface area contributed by atoms with E-state index in [1.54, 1.807) is 0 Å². The summed E-state index contributed by atoms with van der Waals surface area (Å²) >= 11 is 0. The summed E-state index contributed by atoms with van der Waals surface area (Å²) in [5.41, 5.74) is 0. The number of rotatable bonds is 1. The van der Waals surface area contributed by atoms with Crippen LogP contribution >= 0.6 is 0 Å². The summed E-state index contributed by atoms with van der Waals surface area (Å²) in [6.45, 7) is 0. The Labute approximate surface area is 264 Å². The second-order valence-electron chi connectivity index (χ2n) is 16.6. The smallest absolute Gasteiger partial charge is 0.150 e. The standard InChI is InChI=1S/C33H58N8O2S/c1-44(42,43)17-14-15-24-25(16-17)33-40-31-23-13-7-6-12-22(23)29(38-31)36-27-19-9-3-2-8-18(19)26(34-27)35-28-20-10-4-5-11-21(20)30(37-28)39-32(24)41-33/h17-41H,2-16H2,1H3. The van der Waals surface area contributed by atoms with E-state index in [1.165, 1.54) is 83.3 Å². The van der Waals surface area contributed by atoms with Crippen molar-refractivity contribution in [3.8, 4) is 0 Å². The first kappa shape index (κ1) is 29.7. The van der Waals surface area contributed by atoms with Gasteiger partial charge in [0.1, 0.15) is 9.84 Å². The van der Waals surface area contributed by atoms with Gasteiger partial charge in [-0.05, 0) is 105 Å². The third-order valence-corrected chi connectivity index (χ3v) is 16.1. The van der Waals surface area contributed by atoms with Crippen LogP contribution < -0.4 is 42.5 Å². The fourth-order valence-electron chi connectivity index (χ4n) is 12.3. The number of hydrogen-bond acceptors (Lipinski definition) is 10. The summed E-state index contributed by atoms with van der Waals surface area (Å²) in [7, 11) is -3.05. The lowest BCUT2D eigenvalue weighted by atomic mass is 9.76. The van der Waals surface area contributed by atoms with Crippen LogP contribution in [-0.4, -0.2) is 69.2 Å². The first-order valence-electron chi connectivity index (χ1n) is 18.7. The molecule has 17 atom stereocenters. The van der Waals surface area contributed by atoms with Crippen molar-refractivity contribution in [1.29, 1.82) is 0 Å². The van der Waals surface area contributed by atoms with E-state index in [2.05, 4.69) is 42.5 Å². The van der Waals surface area contributed by atoms with Crippen LogP contribution in [0.15, 0.2) is 0 Å². The first-order valence-corrected chi connectivity index (χ1v) is 20.6. The lowest BCUT2D eigenvalue weighted by Gasteiger charge is -2.37. The van der Waals surface area contributed by atoms with Crippen LogP contribution in [0.1, 0.15) is 96.3 Å². The molecule has 4 saturated carbocycles. The molecule has 5 aliphatic heterocycles. The second-order valence-corrected chi connectivity index (χ2v) is 18.9. The van der Waals surface area contributed by atoms with Gasteiger partial charge in [-0.15, -0.1) is 0 Å². The normalized spacial score (nSPS) is 55.5. The molecule has 10 nitrogen and oxygen atoms in total. The molecular weight excluding hydrogens is 572 g/mol. The van der Waals surface area contributed by atoms with Crippen LogP contribution in [0.25, 0.3) is 0 Å². The van der Waals surface area contributed by atoms with Crippen molar-refractivity contribution < 1.29 is 8.42 Å². The van der Waals surface area contributed by atoms with Gasteiger partial charge in [0.05, 0.1) is 54.6 Å². The Hall–Kier alpha value is -0.370. The Morgan fingerprint density at radius 2 is 0.614 bits per heavy atom. The molecule has 0 aromatic carbocycles. The van der Waals surface area contributed by atoms with Crippen molar-refractivity contribution >= 4 is 9.84 Å². The predicted octanol–water partition coefficient (Wildman–Crippen LogP) is 1.63. The maximum atomic E-state index is 12.8. The van der Waals surface area contributed by atoms with Crippen LogP contribution in [0.2, 0.25) is 0 Å². The van der Waals surface area contributed by atoms with E-state index < -0.39 is 9.84 Å². The maximum absolute atomic E-state index is 12.8. The summed E-state index contributed by atoms with van der Waals surface area (Å²) in [4.78, 5) is 0. The molecule has 4 aliphatic carbocycles. The Morgan fingerprint density at radius 1 is 0.364 bits per heavy atom. The number of hydrogen-bond donors (Lipinski definition) is 8. The Kier molecular flexibility index (Phi) is 7.88. The Balaban J connectivity index is 1.05.